The SMILES string of the molecule is COc1ccc(CCNC(=O)NC2CCN(S(C)(=O)=O)CC2)cc1OC. The van der Waals surface area contributed by atoms with Crippen molar-refractivity contribution < 1.29 is 22.7 Å². The molecule has 8 nitrogen and oxygen atoms in total. The van der Waals surface area contributed by atoms with Gasteiger partial charge in [0.05, 0.1) is 20.5 Å². The van der Waals surface area contributed by atoms with Crippen LogP contribution in [0.3, 0.4) is 0 Å². The third-order valence-corrected chi connectivity index (χ3v) is 5.71. The molecule has 2 N–H and O–H groups in total. The molecule has 1 aromatic carbocycles. The van der Waals surface area contributed by atoms with Gasteiger partial charge in [-0.25, -0.2) is 17.5 Å². The first kappa shape index (κ1) is 20.3. The van der Waals surface area contributed by atoms with Crippen LogP contribution in [0.4, 0.5) is 4.79 Å². The standard InChI is InChI=1S/C17H27N3O5S/c1-24-15-5-4-13(12-16(15)25-2)6-9-18-17(21)19-14-7-10-20(11-8-14)26(3,22)23/h4-5,12,14H,6-11H2,1-3H3,(H2,18,19,21). The number of amides is 2. The first-order valence-electron chi connectivity index (χ1n) is 8.54. The highest BCUT2D eigenvalue weighted by Crippen LogP contribution is 2.27. The van der Waals surface area contributed by atoms with E-state index in [1.54, 1.807) is 14.2 Å². The van der Waals surface area contributed by atoms with E-state index >= 15 is 0 Å². The molecule has 1 fully saturated rings. The van der Waals surface area contributed by atoms with Crippen LogP contribution in [-0.2, 0) is 16.4 Å². The molecule has 2 amide bonds. The van der Waals surface area contributed by atoms with Crippen LogP contribution in [0.1, 0.15) is 18.4 Å². The van der Waals surface area contributed by atoms with Crippen LogP contribution in [0.5, 0.6) is 11.5 Å². The molecule has 0 radical (unpaired) electrons. The lowest BCUT2D eigenvalue weighted by atomic mass is 10.1. The molecule has 0 atom stereocenters. The van der Waals surface area contributed by atoms with Gasteiger partial charge < -0.3 is 20.1 Å². The van der Waals surface area contributed by atoms with E-state index in [2.05, 4.69) is 10.6 Å². The van der Waals surface area contributed by atoms with E-state index in [9.17, 15) is 13.2 Å². The molecule has 0 unspecified atom stereocenters. The predicted molar refractivity (Wildman–Crippen MR) is 99.2 cm³/mol. The number of nitrogens with zero attached hydrogens (tertiary/aromatic N) is 1. The van der Waals surface area contributed by atoms with Crippen molar-refractivity contribution in [1.82, 2.24) is 14.9 Å². The van der Waals surface area contributed by atoms with Crippen LogP contribution in [0.25, 0.3) is 0 Å². The third kappa shape index (κ3) is 5.77. The number of ether oxygens (including phenoxy) is 2. The summed E-state index contributed by atoms with van der Waals surface area (Å²) in [4.78, 5) is 12.0. The second kappa shape index (κ2) is 9.09. The van der Waals surface area contributed by atoms with Crippen molar-refractivity contribution in [3.63, 3.8) is 0 Å². The predicted octanol–water partition coefficient (Wildman–Crippen LogP) is 0.970. The van der Waals surface area contributed by atoms with Gasteiger partial charge in [0.2, 0.25) is 10.0 Å². The van der Waals surface area contributed by atoms with E-state index in [1.165, 1.54) is 10.6 Å². The maximum absolute atomic E-state index is 12.0. The van der Waals surface area contributed by atoms with E-state index in [1.807, 2.05) is 18.2 Å². The van der Waals surface area contributed by atoms with Crippen LogP contribution in [-0.4, -0.2) is 64.9 Å². The summed E-state index contributed by atoms with van der Waals surface area (Å²) in [5.41, 5.74) is 1.03. The second-order valence-electron chi connectivity index (χ2n) is 6.28. The molecule has 1 aromatic rings. The topological polar surface area (TPSA) is 97.0 Å². The lowest BCUT2D eigenvalue weighted by molar-refractivity contribution is 0.228. The van der Waals surface area contributed by atoms with Crippen LogP contribution in [0.15, 0.2) is 18.2 Å². The number of sulfonamides is 1. The lowest BCUT2D eigenvalue weighted by Gasteiger charge is -2.30. The van der Waals surface area contributed by atoms with Crippen molar-refractivity contribution in [1.29, 1.82) is 0 Å². The summed E-state index contributed by atoms with van der Waals surface area (Å²) in [7, 11) is 0.0252. The Morgan fingerprint density at radius 2 is 1.85 bits per heavy atom. The Bertz CT molecular complexity index is 715. The van der Waals surface area contributed by atoms with Gasteiger partial charge in [0.15, 0.2) is 11.5 Å². The Kier molecular flexibility index (Phi) is 7.10. The first-order valence-corrected chi connectivity index (χ1v) is 10.4. The summed E-state index contributed by atoms with van der Waals surface area (Å²) in [6, 6.07) is 5.42. The summed E-state index contributed by atoms with van der Waals surface area (Å²) < 4.78 is 34.9. The molecular weight excluding hydrogens is 358 g/mol. The molecule has 1 heterocycles. The monoisotopic (exact) mass is 385 g/mol. The summed E-state index contributed by atoms with van der Waals surface area (Å²) in [5, 5.41) is 5.73. The minimum atomic E-state index is -3.15. The molecular formula is C17H27N3O5S. The van der Waals surface area contributed by atoms with E-state index in [0.717, 1.165) is 5.56 Å². The highest BCUT2D eigenvalue weighted by Gasteiger charge is 2.25. The van der Waals surface area contributed by atoms with Gasteiger partial charge in [-0.1, -0.05) is 6.07 Å². The van der Waals surface area contributed by atoms with Crippen molar-refractivity contribution >= 4 is 16.1 Å². The number of piperidine rings is 1. The van der Waals surface area contributed by atoms with Gasteiger partial charge in [-0.05, 0) is 37.0 Å². The zero-order chi connectivity index (χ0) is 19.2. The third-order valence-electron chi connectivity index (χ3n) is 4.41. The molecule has 1 saturated heterocycles. The smallest absolute Gasteiger partial charge is 0.315 e. The van der Waals surface area contributed by atoms with Crippen LogP contribution in [0, 0.1) is 0 Å². The highest BCUT2D eigenvalue weighted by molar-refractivity contribution is 7.88. The number of nitrogens with one attached hydrogen (secondary N) is 2. The van der Waals surface area contributed by atoms with Crippen molar-refractivity contribution in [2.24, 2.45) is 0 Å². The fourth-order valence-corrected chi connectivity index (χ4v) is 3.80. The van der Waals surface area contributed by atoms with Gasteiger partial charge in [-0.3, -0.25) is 0 Å². The van der Waals surface area contributed by atoms with Gasteiger partial charge in [0.25, 0.3) is 0 Å². The number of rotatable bonds is 7. The number of hydrogen-bond donors (Lipinski definition) is 2. The Morgan fingerprint density at radius 3 is 2.42 bits per heavy atom. The molecule has 1 aliphatic rings. The van der Waals surface area contributed by atoms with Crippen molar-refractivity contribution in [2.75, 3.05) is 40.1 Å². The molecule has 9 heteroatoms. The van der Waals surface area contributed by atoms with E-state index < -0.39 is 10.0 Å². The van der Waals surface area contributed by atoms with E-state index in [0.29, 0.717) is 50.4 Å². The minimum Gasteiger partial charge on any atom is -0.493 e. The summed E-state index contributed by atoms with van der Waals surface area (Å²) in [6.45, 7) is 1.37. The Morgan fingerprint density at radius 1 is 1.19 bits per heavy atom. The Balaban J connectivity index is 1.73. The maximum atomic E-state index is 12.0. The van der Waals surface area contributed by atoms with Crippen molar-refractivity contribution in [3.8, 4) is 11.5 Å². The van der Waals surface area contributed by atoms with Crippen LogP contribution >= 0.6 is 0 Å². The van der Waals surface area contributed by atoms with Gasteiger partial charge in [-0.2, -0.15) is 0 Å². The zero-order valence-electron chi connectivity index (χ0n) is 15.4. The molecule has 26 heavy (non-hydrogen) atoms. The fourth-order valence-electron chi connectivity index (χ4n) is 2.92. The van der Waals surface area contributed by atoms with Crippen molar-refractivity contribution in [3.05, 3.63) is 23.8 Å². The Hall–Kier alpha value is -2.00. The Labute approximate surface area is 154 Å². The molecule has 0 saturated carbocycles. The number of urea groups is 1. The molecule has 0 aromatic heterocycles. The summed E-state index contributed by atoms with van der Waals surface area (Å²) >= 11 is 0. The van der Waals surface area contributed by atoms with Gasteiger partial charge in [0.1, 0.15) is 0 Å². The largest absolute Gasteiger partial charge is 0.493 e. The average molecular weight is 385 g/mol. The molecule has 146 valence electrons. The second-order valence-corrected chi connectivity index (χ2v) is 8.26. The number of carbonyl (C=O) groups excluding carboxylic acids is 1. The first-order chi connectivity index (χ1) is 12.3. The number of benzene rings is 1. The molecule has 0 spiro atoms. The summed E-state index contributed by atoms with van der Waals surface area (Å²) in [5.74, 6) is 1.33. The molecule has 2 rings (SSSR count). The van der Waals surface area contributed by atoms with Crippen LogP contribution < -0.4 is 20.1 Å². The van der Waals surface area contributed by atoms with E-state index in [4.69, 9.17) is 9.47 Å². The van der Waals surface area contributed by atoms with Crippen molar-refractivity contribution in [2.45, 2.75) is 25.3 Å². The van der Waals surface area contributed by atoms with Gasteiger partial charge >= 0.3 is 6.03 Å². The van der Waals surface area contributed by atoms with Gasteiger partial charge in [0, 0.05) is 25.7 Å². The van der Waals surface area contributed by atoms with Crippen LogP contribution in [0.2, 0.25) is 0 Å². The lowest BCUT2D eigenvalue weighted by Crippen LogP contribution is -2.49. The van der Waals surface area contributed by atoms with E-state index in [-0.39, 0.29) is 12.1 Å². The average Bonchev–Trinajstić information content (AvgIpc) is 2.61. The number of hydrogen-bond acceptors (Lipinski definition) is 5. The maximum Gasteiger partial charge on any atom is 0.315 e. The molecule has 1 aliphatic heterocycles. The van der Waals surface area contributed by atoms with Gasteiger partial charge in [-0.15, -0.1) is 0 Å². The highest BCUT2D eigenvalue weighted by atomic mass is 32.2. The summed E-state index contributed by atoms with van der Waals surface area (Å²) in [6.07, 6.45) is 3.12. The number of methoxy groups -OCH3 is 2. The fraction of sp³-hybridized carbons (Fsp3) is 0.588. The minimum absolute atomic E-state index is 0.00548. The normalized spacial score (nSPS) is 16.1. The zero-order valence-corrected chi connectivity index (χ0v) is 16.3. The number of carbonyl (C=O) groups is 1. The quantitative estimate of drug-likeness (QED) is 0.729. The molecule has 0 aliphatic carbocycles. The molecule has 0 bridgehead atoms.